The quantitative estimate of drug-likeness (QED) is 0.667. The first-order chi connectivity index (χ1) is 9.51. The predicted octanol–water partition coefficient (Wildman–Crippen LogP) is 3.67. The molecule has 0 radical (unpaired) electrons. The van der Waals surface area contributed by atoms with Crippen LogP contribution in [0, 0.1) is 18.6 Å². The van der Waals surface area contributed by atoms with E-state index in [0.29, 0.717) is 17.0 Å². The van der Waals surface area contributed by atoms with Gasteiger partial charge < -0.3 is 0 Å². The van der Waals surface area contributed by atoms with Gasteiger partial charge in [0.25, 0.3) is 0 Å². The van der Waals surface area contributed by atoms with Gasteiger partial charge in [-0.25, -0.2) is 8.78 Å². The largest absolute Gasteiger partial charge is 0.271 e. The summed E-state index contributed by atoms with van der Waals surface area (Å²) in [6, 6.07) is 8.32. The van der Waals surface area contributed by atoms with Crippen molar-refractivity contribution in [1.29, 1.82) is 0 Å². The molecule has 0 amide bonds. The van der Waals surface area contributed by atoms with E-state index in [-0.39, 0.29) is 5.82 Å². The molecule has 0 heterocycles. The third kappa shape index (κ3) is 3.33. The maximum absolute atomic E-state index is 13.9. The van der Waals surface area contributed by atoms with E-state index in [1.54, 1.807) is 6.07 Å². The molecule has 0 aliphatic heterocycles. The Kier molecular flexibility index (Phi) is 4.70. The van der Waals surface area contributed by atoms with E-state index in [1.807, 2.05) is 6.92 Å². The SMILES string of the molecule is Cc1ccc(F)cc1CC(NN)c1cc(Cl)ccc1F. The minimum atomic E-state index is -0.478. The van der Waals surface area contributed by atoms with E-state index in [2.05, 4.69) is 5.43 Å². The van der Waals surface area contributed by atoms with Crippen LogP contribution in [0.4, 0.5) is 8.78 Å². The van der Waals surface area contributed by atoms with Gasteiger partial charge in [0.1, 0.15) is 11.6 Å². The lowest BCUT2D eigenvalue weighted by Gasteiger charge is -2.18. The normalized spacial score (nSPS) is 12.4. The minimum absolute atomic E-state index is 0.326. The van der Waals surface area contributed by atoms with Gasteiger partial charge in [-0.2, -0.15) is 0 Å². The molecule has 3 N–H and O–H groups in total. The molecule has 0 saturated carbocycles. The first-order valence-electron chi connectivity index (χ1n) is 6.17. The van der Waals surface area contributed by atoms with Crippen molar-refractivity contribution in [3.05, 3.63) is 69.7 Å². The Morgan fingerprint density at radius 2 is 1.95 bits per heavy atom. The van der Waals surface area contributed by atoms with Crippen LogP contribution in [0.1, 0.15) is 22.7 Å². The summed E-state index contributed by atoms with van der Waals surface area (Å²) >= 11 is 5.88. The first-order valence-corrected chi connectivity index (χ1v) is 6.55. The third-order valence-electron chi connectivity index (χ3n) is 3.27. The monoisotopic (exact) mass is 296 g/mol. The van der Waals surface area contributed by atoms with Crippen LogP contribution >= 0.6 is 11.6 Å². The van der Waals surface area contributed by atoms with Crippen LogP contribution in [0.15, 0.2) is 36.4 Å². The molecular weight excluding hydrogens is 282 g/mol. The molecule has 1 unspecified atom stereocenters. The van der Waals surface area contributed by atoms with Crippen LogP contribution in [0.25, 0.3) is 0 Å². The number of hydrogen-bond donors (Lipinski definition) is 2. The molecule has 0 spiro atoms. The zero-order valence-corrected chi connectivity index (χ0v) is 11.7. The van der Waals surface area contributed by atoms with E-state index in [9.17, 15) is 8.78 Å². The predicted molar refractivity (Wildman–Crippen MR) is 76.3 cm³/mol. The summed E-state index contributed by atoms with van der Waals surface area (Å²) < 4.78 is 27.2. The van der Waals surface area contributed by atoms with Gasteiger partial charge in [-0.3, -0.25) is 11.3 Å². The highest BCUT2D eigenvalue weighted by atomic mass is 35.5. The molecule has 0 aliphatic rings. The molecule has 5 heteroatoms. The molecule has 0 bridgehead atoms. The summed E-state index contributed by atoms with van der Waals surface area (Å²) in [6.45, 7) is 1.87. The zero-order chi connectivity index (χ0) is 14.7. The van der Waals surface area contributed by atoms with Gasteiger partial charge in [-0.15, -0.1) is 0 Å². The van der Waals surface area contributed by atoms with Crippen LogP contribution in [-0.2, 0) is 6.42 Å². The molecule has 2 aromatic carbocycles. The number of benzene rings is 2. The Labute approximate surface area is 121 Å². The lowest BCUT2D eigenvalue weighted by atomic mass is 9.96. The Hall–Kier alpha value is -1.49. The number of hydrogen-bond acceptors (Lipinski definition) is 2. The fourth-order valence-electron chi connectivity index (χ4n) is 2.12. The van der Waals surface area contributed by atoms with E-state index >= 15 is 0 Å². The van der Waals surface area contributed by atoms with Gasteiger partial charge >= 0.3 is 0 Å². The van der Waals surface area contributed by atoms with Gasteiger partial charge in [0.15, 0.2) is 0 Å². The van der Waals surface area contributed by atoms with Crippen molar-refractivity contribution in [2.75, 3.05) is 0 Å². The van der Waals surface area contributed by atoms with Gasteiger partial charge in [0.05, 0.1) is 6.04 Å². The Morgan fingerprint density at radius 3 is 2.65 bits per heavy atom. The fourth-order valence-corrected chi connectivity index (χ4v) is 2.30. The summed E-state index contributed by atoms with van der Waals surface area (Å²) in [5, 5.41) is 0.428. The maximum atomic E-state index is 13.9. The molecule has 2 rings (SSSR count). The van der Waals surface area contributed by atoms with E-state index in [4.69, 9.17) is 17.4 Å². The van der Waals surface area contributed by atoms with Crippen LogP contribution < -0.4 is 11.3 Å². The number of rotatable bonds is 4. The second kappa shape index (κ2) is 6.31. The Balaban J connectivity index is 2.33. The van der Waals surface area contributed by atoms with Gasteiger partial charge in [0.2, 0.25) is 0 Å². The molecule has 0 fully saturated rings. The van der Waals surface area contributed by atoms with Gasteiger partial charge in [-0.1, -0.05) is 17.7 Å². The molecule has 0 aliphatic carbocycles. The van der Waals surface area contributed by atoms with Crippen molar-refractivity contribution >= 4 is 11.6 Å². The average molecular weight is 297 g/mol. The average Bonchev–Trinajstić information content (AvgIpc) is 2.42. The number of halogens is 3. The topological polar surface area (TPSA) is 38.0 Å². The van der Waals surface area contributed by atoms with Crippen molar-refractivity contribution in [3.8, 4) is 0 Å². The molecule has 0 saturated heterocycles. The van der Waals surface area contributed by atoms with Crippen LogP contribution in [0.2, 0.25) is 5.02 Å². The molecule has 2 aromatic rings. The minimum Gasteiger partial charge on any atom is -0.271 e. The summed E-state index contributed by atoms with van der Waals surface area (Å²) in [4.78, 5) is 0. The summed E-state index contributed by atoms with van der Waals surface area (Å²) in [6.07, 6.45) is 0.372. The van der Waals surface area contributed by atoms with Crippen molar-refractivity contribution in [3.63, 3.8) is 0 Å². The van der Waals surface area contributed by atoms with E-state index < -0.39 is 11.9 Å². The number of hydrazine groups is 1. The van der Waals surface area contributed by atoms with Crippen LogP contribution in [0.5, 0.6) is 0 Å². The first kappa shape index (κ1) is 14.9. The highest BCUT2D eigenvalue weighted by molar-refractivity contribution is 6.30. The second-order valence-electron chi connectivity index (χ2n) is 4.66. The summed E-state index contributed by atoms with van der Waals surface area (Å²) in [5.41, 5.74) is 4.62. The van der Waals surface area contributed by atoms with Crippen molar-refractivity contribution in [1.82, 2.24) is 5.43 Å². The standard InChI is InChI=1S/C15H15ClF2N2/c1-9-2-4-12(17)6-10(9)7-15(20-19)13-8-11(16)3-5-14(13)18/h2-6,8,15,20H,7,19H2,1H3. The molecule has 0 aromatic heterocycles. The maximum Gasteiger partial charge on any atom is 0.128 e. The molecule has 106 valence electrons. The van der Waals surface area contributed by atoms with Gasteiger partial charge in [0, 0.05) is 10.6 Å². The van der Waals surface area contributed by atoms with Crippen LogP contribution in [-0.4, -0.2) is 0 Å². The zero-order valence-electron chi connectivity index (χ0n) is 11.0. The number of nitrogens with two attached hydrogens (primary N) is 1. The van der Waals surface area contributed by atoms with Crippen molar-refractivity contribution in [2.24, 2.45) is 5.84 Å². The Morgan fingerprint density at radius 1 is 1.20 bits per heavy atom. The molecule has 1 atom stereocenters. The lowest BCUT2D eigenvalue weighted by molar-refractivity contribution is 0.508. The smallest absolute Gasteiger partial charge is 0.128 e. The van der Waals surface area contributed by atoms with E-state index in [1.165, 1.54) is 30.3 Å². The Bertz CT molecular complexity index is 617. The summed E-state index contributed by atoms with van der Waals surface area (Å²) in [5.74, 6) is 4.78. The highest BCUT2D eigenvalue weighted by Gasteiger charge is 2.17. The number of nitrogens with one attached hydrogen (secondary N) is 1. The molecular formula is C15H15ClF2N2. The van der Waals surface area contributed by atoms with Gasteiger partial charge in [-0.05, 0) is 54.8 Å². The second-order valence-corrected chi connectivity index (χ2v) is 5.10. The summed E-state index contributed by atoms with van der Waals surface area (Å²) in [7, 11) is 0. The van der Waals surface area contributed by atoms with Crippen LogP contribution in [0.3, 0.4) is 0 Å². The molecule has 2 nitrogen and oxygen atoms in total. The van der Waals surface area contributed by atoms with E-state index in [0.717, 1.165) is 11.1 Å². The number of aryl methyl sites for hydroxylation is 1. The van der Waals surface area contributed by atoms with Crippen molar-refractivity contribution in [2.45, 2.75) is 19.4 Å². The fraction of sp³-hybridized carbons (Fsp3) is 0.200. The third-order valence-corrected chi connectivity index (χ3v) is 3.50. The highest BCUT2D eigenvalue weighted by Crippen LogP contribution is 2.25. The molecule has 20 heavy (non-hydrogen) atoms. The van der Waals surface area contributed by atoms with Crippen molar-refractivity contribution < 1.29 is 8.78 Å². The lowest BCUT2D eigenvalue weighted by Crippen LogP contribution is -2.30.